The highest BCUT2D eigenvalue weighted by Crippen LogP contribution is 2.19. The van der Waals surface area contributed by atoms with Crippen molar-refractivity contribution in [3.8, 4) is 0 Å². The number of hydrogen-bond acceptors (Lipinski definition) is 5. The van der Waals surface area contributed by atoms with Crippen molar-refractivity contribution in [3.05, 3.63) is 60.4 Å². The van der Waals surface area contributed by atoms with Gasteiger partial charge in [0.05, 0.1) is 12.7 Å². The molecular formula is C15H17N7O. The molecule has 8 heteroatoms. The van der Waals surface area contributed by atoms with Gasteiger partial charge in [-0.25, -0.2) is 14.3 Å². The Morgan fingerprint density at radius 3 is 2.70 bits per heavy atom. The van der Waals surface area contributed by atoms with Gasteiger partial charge in [-0.15, -0.1) is 5.10 Å². The zero-order valence-electron chi connectivity index (χ0n) is 12.9. The van der Waals surface area contributed by atoms with Gasteiger partial charge in [0.25, 0.3) is 5.91 Å². The summed E-state index contributed by atoms with van der Waals surface area (Å²) in [6.45, 7) is 0.456. The van der Waals surface area contributed by atoms with Crippen LogP contribution in [0.2, 0.25) is 0 Å². The number of rotatable bonds is 5. The van der Waals surface area contributed by atoms with Crippen molar-refractivity contribution in [2.24, 2.45) is 0 Å². The lowest BCUT2D eigenvalue weighted by molar-refractivity contribution is -0.131. The van der Waals surface area contributed by atoms with Crippen molar-refractivity contribution in [2.45, 2.75) is 12.6 Å². The van der Waals surface area contributed by atoms with Crippen LogP contribution in [0, 0.1) is 0 Å². The predicted octanol–water partition coefficient (Wildman–Crippen LogP) is 0.595. The Labute approximate surface area is 133 Å². The van der Waals surface area contributed by atoms with Crippen LogP contribution in [0.15, 0.2) is 49.2 Å². The van der Waals surface area contributed by atoms with Crippen LogP contribution in [-0.2, 0) is 11.3 Å². The second-order valence-corrected chi connectivity index (χ2v) is 5.33. The van der Waals surface area contributed by atoms with E-state index in [0.29, 0.717) is 12.2 Å². The highest BCUT2D eigenvalue weighted by molar-refractivity contribution is 5.83. The summed E-state index contributed by atoms with van der Waals surface area (Å²) in [4.78, 5) is 18.0. The van der Waals surface area contributed by atoms with Crippen molar-refractivity contribution >= 4 is 5.91 Å². The molecule has 1 atom stereocenters. The Morgan fingerprint density at radius 2 is 2.04 bits per heavy atom. The summed E-state index contributed by atoms with van der Waals surface area (Å²) in [6, 6.07) is 8.99. The number of amides is 1. The first-order chi connectivity index (χ1) is 11.1. The van der Waals surface area contributed by atoms with Crippen LogP contribution >= 0.6 is 0 Å². The van der Waals surface area contributed by atoms with Gasteiger partial charge < -0.3 is 4.90 Å². The van der Waals surface area contributed by atoms with Gasteiger partial charge in [0.2, 0.25) is 0 Å². The van der Waals surface area contributed by atoms with E-state index >= 15 is 0 Å². The number of carbonyl (C=O) groups excluding carboxylic acids is 1. The van der Waals surface area contributed by atoms with Gasteiger partial charge in [0.15, 0.2) is 6.04 Å². The van der Waals surface area contributed by atoms with Gasteiger partial charge >= 0.3 is 0 Å². The first-order valence-electron chi connectivity index (χ1n) is 7.14. The van der Waals surface area contributed by atoms with Gasteiger partial charge in [-0.3, -0.25) is 4.79 Å². The van der Waals surface area contributed by atoms with Gasteiger partial charge in [0, 0.05) is 14.1 Å². The number of carbonyl (C=O) groups is 1. The van der Waals surface area contributed by atoms with E-state index in [2.05, 4.69) is 20.4 Å². The Bertz CT molecular complexity index is 764. The van der Waals surface area contributed by atoms with Crippen molar-refractivity contribution in [1.29, 1.82) is 0 Å². The summed E-state index contributed by atoms with van der Waals surface area (Å²) in [6.07, 6.45) is 4.84. The molecule has 0 aliphatic rings. The molecular weight excluding hydrogens is 294 g/mol. The molecule has 0 N–H and O–H groups in total. The minimum absolute atomic E-state index is 0.0617. The molecule has 23 heavy (non-hydrogen) atoms. The summed E-state index contributed by atoms with van der Waals surface area (Å²) in [5.74, 6) is -0.0617. The van der Waals surface area contributed by atoms with Crippen molar-refractivity contribution in [1.82, 2.24) is 34.7 Å². The minimum Gasteiger partial charge on any atom is -0.347 e. The van der Waals surface area contributed by atoms with E-state index in [1.54, 1.807) is 40.9 Å². The van der Waals surface area contributed by atoms with Crippen molar-refractivity contribution in [2.75, 3.05) is 14.1 Å². The summed E-state index contributed by atoms with van der Waals surface area (Å²) >= 11 is 0. The maximum absolute atomic E-state index is 12.6. The molecule has 0 saturated carbocycles. The number of likely N-dealkylation sites (N-methyl/N-ethyl adjacent to an activating group) is 1. The Kier molecular flexibility index (Phi) is 4.13. The van der Waals surface area contributed by atoms with Gasteiger partial charge in [-0.2, -0.15) is 5.10 Å². The topological polar surface area (TPSA) is 81.7 Å². The molecule has 8 nitrogen and oxygen atoms in total. The van der Waals surface area contributed by atoms with Crippen molar-refractivity contribution in [3.63, 3.8) is 0 Å². The quantitative estimate of drug-likeness (QED) is 0.689. The standard InChI is InChI=1S/C15H17N7O/c1-20(2)15(23)14(12-6-4-3-5-7-12)22-9-13(18-19-22)8-21-11-16-10-17-21/h3-7,9-11,14H,8H2,1-2H3. The third-order valence-corrected chi connectivity index (χ3v) is 3.40. The highest BCUT2D eigenvalue weighted by Gasteiger charge is 2.25. The predicted molar refractivity (Wildman–Crippen MR) is 82.4 cm³/mol. The van der Waals surface area contributed by atoms with E-state index in [9.17, 15) is 4.79 Å². The average Bonchev–Trinajstić information content (AvgIpc) is 3.21. The number of hydrogen-bond donors (Lipinski definition) is 0. The zero-order valence-corrected chi connectivity index (χ0v) is 12.9. The van der Waals surface area contributed by atoms with Crippen LogP contribution in [0.1, 0.15) is 17.3 Å². The third-order valence-electron chi connectivity index (χ3n) is 3.40. The van der Waals surface area contributed by atoms with E-state index in [1.807, 2.05) is 30.3 Å². The summed E-state index contributed by atoms with van der Waals surface area (Å²) in [5.41, 5.74) is 1.58. The normalized spacial score (nSPS) is 12.1. The number of benzene rings is 1. The maximum atomic E-state index is 12.6. The first-order valence-corrected chi connectivity index (χ1v) is 7.14. The van der Waals surface area contributed by atoms with E-state index in [0.717, 1.165) is 5.56 Å². The molecule has 0 saturated heterocycles. The third kappa shape index (κ3) is 3.25. The fourth-order valence-electron chi connectivity index (χ4n) is 2.28. The lowest BCUT2D eigenvalue weighted by atomic mass is 10.1. The first kappa shape index (κ1) is 14.9. The summed E-state index contributed by atoms with van der Waals surface area (Å²) in [5, 5.41) is 12.3. The molecule has 0 aliphatic carbocycles. The number of nitrogens with zero attached hydrogens (tertiary/aromatic N) is 7. The van der Waals surface area contributed by atoms with Crippen LogP contribution in [0.25, 0.3) is 0 Å². The summed E-state index contributed by atoms with van der Waals surface area (Å²) < 4.78 is 3.24. The molecule has 2 aromatic heterocycles. The monoisotopic (exact) mass is 311 g/mol. The molecule has 3 aromatic rings. The Balaban J connectivity index is 1.91. The fraction of sp³-hybridized carbons (Fsp3) is 0.267. The fourth-order valence-corrected chi connectivity index (χ4v) is 2.28. The molecule has 0 aliphatic heterocycles. The van der Waals surface area contributed by atoms with Gasteiger partial charge in [-0.05, 0) is 5.56 Å². The SMILES string of the molecule is CN(C)C(=O)C(c1ccccc1)n1cc(Cn2cncn2)nn1. The molecule has 0 radical (unpaired) electrons. The molecule has 0 bridgehead atoms. The van der Waals surface area contributed by atoms with Crippen LogP contribution in [0.3, 0.4) is 0 Å². The zero-order chi connectivity index (χ0) is 16.2. The largest absolute Gasteiger partial charge is 0.347 e. The Morgan fingerprint density at radius 1 is 1.26 bits per heavy atom. The molecule has 1 aromatic carbocycles. The number of aromatic nitrogens is 6. The molecule has 118 valence electrons. The van der Waals surface area contributed by atoms with Crippen LogP contribution in [0.4, 0.5) is 0 Å². The molecule has 0 fully saturated rings. The minimum atomic E-state index is -0.539. The van der Waals surface area contributed by atoms with E-state index in [-0.39, 0.29) is 5.91 Å². The van der Waals surface area contributed by atoms with Gasteiger partial charge in [0.1, 0.15) is 18.3 Å². The van der Waals surface area contributed by atoms with Crippen LogP contribution < -0.4 is 0 Å². The molecule has 3 rings (SSSR count). The lowest BCUT2D eigenvalue weighted by Gasteiger charge is -2.20. The van der Waals surface area contributed by atoms with Crippen LogP contribution in [-0.4, -0.2) is 54.7 Å². The average molecular weight is 311 g/mol. The van der Waals surface area contributed by atoms with E-state index < -0.39 is 6.04 Å². The lowest BCUT2D eigenvalue weighted by Crippen LogP contribution is -2.32. The molecule has 0 spiro atoms. The maximum Gasteiger partial charge on any atom is 0.251 e. The highest BCUT2D eigenvalue weighted by atomic mass is 16.2. The smallest absolute Gasteiger partial charge is 0.251 e. The molecule has 2 heterocycles. The molecule has 1 unspecified atom stereocenters. The summed E-state index contributed by atoms with van der Waals surface area (Å²) in [7, 11) is 3.46. The second-order valence-electron chi connectivity index (χ2n) is 5.33. The van der Waals surface area contributed by atoms with E-state index in [1.165, 1.54) is 6.33 Å². The Hall–Kier alpha value is -3.03. The van der Waals surface area contributed by atoms with E-state index in [4.69, 9.17) is 0 Å². The van der Waals surface area contributed by atoms with Gasteiger partial charge in [-0.1, -0.05) is 35.5 Å². The second kappa shape index (κ2) is 6.39. The van der Waals surface area contributed by atoms with Crippen LogP contribution in [0.5, 0.6) is 0 Å². The molecule has 1 amide bonds. The van der Waals surface area contributed by atoms with Crippen molar-refractivity contribution < 1.29 is 4.79 Å².